The first-order chi connectivity index (χ1) is 26.0. The van der Waals surface area contributed by atoms with Crippen molar-refractivity contribution in [2.75, 3.05) is 6.54 Å². The van der Waals surface area contributed by atoms with Gasteiger partial charge in [-0.05, 0) is 70.2 Å². The van der Waals surface area contributed by atoms with E-state index in [2.05, 4.69) is 15.4 Å². The molecule has 55 heavy (non-hydrogen) atoms. The molecule has 0 aromatic heterocycles. The minimum Gasteiger partial charge on any atom is -0.444 e. The largest absolute Gasteiger partial charge is 0.444 e. The number of rotatable bonds is 5. The number of hydrogen-bond acceptors (Lipinski definition) is 9. The number of carbonyl (C=O) groups is 5. The van der Waals surface area contributed by atoms with Crippen molar-refractivity contribution in [3.63, 3.8) is 0 Å². The number of amides is 5. The molecule has 1 saturated carbocycles. The highest BCUT2D eigenvalue weighted by molar-refractivity contribution is 7.90. The van der Waals surface area contributed by atoms with Gasteiger partial charge in [-0.2, -0.15) is 0 Å². The summed E-state index contributed by atoms with van der Waals surface area (Å²) in [4.78, 5) is 71.1. The molecule has 3 aliphatic heterocycles. The predicted molar refractivity (Wildman–Crippen MR) is 197 cm³/mol. The van der Waals surface area contributed by atoms with E-state index in [1.165, 1.54) is 34.1 Å². The Morgan fingerprint density at radius 1 is 1.04 bits per heavy atom. The normalized spacial score (nSPS) is 25.7. The van der Waals surface area contributed by atoms with Gasteiger partial charge in [-0.25, -0.2) is 27.1 Å². The molecular formula is C38H45ClFN5O9S. The lowest BCUT2D eigenvalue weighted by molar-refractivity contribution is -0.141. The maximum atomic E-state index is 14.5. The van der Waals surface area contributed by atoms with Gasteiger partial charge in [0.2, 0.25) is 11.8 Å². The molecule has 14 nitrogen and oxygen atoms in total. The van der Waals surface area contributed by atoms with E-state index in [-0.39, 0.29) is 48.8 Å². The predicted octanol–water partition coefficient (Wildman–Crippen LogP) is 4.69. The van der Waals surface area contributed by atoms with Crippen molar-refractivity contribution in [1.82, 2.24) is 25.2 Å². The third kappa shape index (κ3) is 9.07. The SMILES string of the molecule is CC(C)(C)OC(=O)N[C@H]1CCCCCC=C[C@@H]2C[C@@]2(C(=O)NS(=O)(=O)c2ccccc2Cl)NC(=O)[C@@H]2C[C@@H](OC(=O)N3Cc4cccc(F)c4C3)CN2C1=O. The Labute approximate surface area is 324 Å². The van der Waals surface area contributed by atoms with Crippen LogP contribution in [-0.2, 0) is 47.0 Å². The van der Waals surface area contributed by atoms with Gasteiger partial charge in [0, 0.05) is 24.4 Å². The average Bonchev–Trinajstić information content (AvgIpc) is 3.40. The first-order valence-electron chi connectivity index (χ1n) is 18.3. The summed E-state index contributed by atoms with van der Waals surface area (Å²) in [6.07, 6.45) is 3.75. The van der Waals surface area contributed by atoms with Crippen LogP contribution in [0.4, 0.5) is 14.0 Å². The van der Waals surface area contributed by atoms with E-state index in [0.717, 1.165) is 6.42 Å². The van der Waals surface area contributed by atoms with Gasteiger partial charge in [0.05, 0.1) is 18.1 Å². The minimum atomic E-state index is -4.45. The molecule has 0 spiro atoms. The Kier molecular flexibility index (Phi) is 11.5. The van der Waals surface area contributed by atoms with E-state index in [9.17, 15) is 36.8 Å². The molecule has 0 bridgehead atoms. The van der Waals surface area contributed by atoms with Crippen molar-refractivity contribution in [3.8, 4) is 0 Å². The third-order valence-electron chi connectivity index (χ3n) is 10.1. The summed E-state index contributed by atoms with van der Waals surface area (Å²) in [5, 5.41) is 5.31. The molecule has 5 atom stereocenters. The summed E-state index contributed by atoms with van der Waals surface area (Å²) in [7, 11) is -4.45. The maximum absolute atomic E-state index is 14.5. The van der Waals surface area contributed by atoms with E-state index in [4.69, 9.17) is 21.1 Å². The van der Waals surface area contributed by atoms with Gasteiger partial charge in [-0.1, -0.05) is 60.9 Å². The topological polar surface area (TPSA) is 181 Å². The van der Waals surface area contributed by atoms with Crippen LogP contribution in [0.1, 0.15) is 76.8 Å². The first kappa shape index (κ1) is 40.0. The van der Waals surface area contributed by atoms with Crippen LogP contribution in [-0.4, -0.2) is 84.0 Å². The number of ether oxygens (including phenoxy) is 2. The summed E-state index contributed by atoms with van der Waals surface area (Å²) < 4.78 is 54.4. The van der Waals surface area contributed by atoms with Crippen molar-refractivity contribution in [1.29, 1.82) is 0 Å². The van der Waals surface area contributed by atoms with E-state index in [1.807, 2.05) is 6.08 Å². The molecule has 17 heteroatoms. The number of carbonyl (C=O) groups excluding carboxylic acids is 5. The van der Waals surface area contributed by atoms with Crippen LogP contribution >= 0.6 is 11.6 Å². The van der Waals surface area contributed by atoms with Crippen molar-refractivity contribution >= 4 is 51.5 Å². The average molecular weight is 802 g/mol. The fourth-order valence-electron chi connectivity index (χ4n) is 7.27. The number of sulfonamides is 1. The first-order valence-corrected chi connectivity index (χ1v) is 20.2. The molecule has 3 heterocycles. The molecule has 2 aromatic rings. The number of nitrogens with zero attached hydrogens (tertiary/aromatic N) is 2. The van der Waals surface area contributed by atoms with E-state index in [1.54, 1.807) is 45.0 Å². The van der Waals surface area contributed by atoms with Crippen molar-refractivity contribution < 1.29 is 46.3 Å². The van der Waals surface area contributed by atoms with Gasteiger partial charge >= 0.3 is 12.2 Å². The molecule has 0 unspecified atom stereocenters. The lowest BCUT2D eigenvalue weighted by Gasteiger charge is -2.30. The van der Waals surface area contributed by atoms with Crippen LogP contribution in [0.3, 0.4) is 0 Å². The highest BCUT2D eigenvalue weighted by Crippen LogP contribution is 2.46. The van der Waals surface area contributed by atoms with Crippen LogP contribution in [0, 0.1) is 11.7 Å². The van der Waals surface area contributed by atoms with Crippen LogP contribution in [0.5, 0.6) is 0 Å². The Balaban J connectivity index is 1.27. The number of benzene rings is 2. The Bertz CT molecular complexity index is 2010. The molecule has 3 N–H and O–H groups in total. The van der Waals surface area contributed by atoms with Gasteiger partial charge in [-0.15, -0.1) is 0 Å². The van der Waals surface area contributed by atoms with E-state index in [0.29, 0.717) is 30.4 Å². The Morgan fingerprint density at radius 2 is 1.80 bits per heavy atom. The van der Waals surface area contributed by atoms with Crippen molar-refractivity contribution in [3.05, 3.63) is 76.6 Å². The minimum absolute atomic E-state index is 0.0222. The number of nitrogens with one attached hydrogen (secondary N) is 3. The quantitative estimate of drug-likeness (QED) is 0.362. The van der Waals surface area contributed by atoms with E-state index < -0.39 is 81.0 Å². The fraction of sp³-hybridized carbons (Fsp3) is 0.500. The lowest BCUT2D eigenvalue weighted by Crippen LogP contribution is -2.58. The zero-order valence-electron chi connectivity index (χ0n) is 30.8. The zero-order chi connectivity index (χ0) is 39.7. The van der Waals surface area contributed by atoms with Crippen LogP contribution in [0.2, 0.25) is 5.02 Å². The van der Waals surface area contributed by atoms with Gasteiger partial charge in [0.15, 0.2) is 0 Å². The number of hydrogen-bond donors (Lipinski definition) is 3. The summed E-state index contributed by atoms with van der Waals surface area (Å²) in [6.45, 7) is 4.91. The molecule has 6 rings (SSSR count). The smallest absolute Gasteiger partial charge is 0.410 e. The highest BCUT2D eigenvalue weighted by Gasteiger charge is 2.62. The molecule has 5 amide bonds. The maximum Gasteiger partial charge on any atom is 0.410 e. The Morgan fingerprint density at radius 3 is 2.53 bits per heavy atom. The fourth-order valence-corrected chi connectivity index (χ4v) is 8.83. The molecule has 2 aromatic carbocycles. The van der Waals surface area contributed by atoms with Gasteiger partial charge in [-0.3, -0.25) is 19.3 Å². The molecule has 1 aliphatic carbocycles. The number of fused-ring (bicyclic) bond motifs is 3. The van der Waals surface area contributed by atoms with Crippen LogP contribution in [0.15, 0.2) is 59.5 Å². The Hall–Kier alpha value is -4.70. The lowest BCUT2D eigenvalue weighted by atomic mass is 10.0. The highest BCUT2D eigenvalue weighted by atomic mass is 35.5. The zero-order valence-corrected chi connectivity index (χ0v) is 32.4. The molecule has 0 radical (unpaired) electrons. The van der Waals surface area contributed by atoms with Gasteiger partial charge in [0.1, 0.15) is 40.0 Å². The third-order valence-corrected chi connectivity index (χ3v) is 12.0. The van der Waals surface area contributed by atoms with Gasteiger partial charge < -0.3 is 25.0 Å². The second-order valence-electron chi connectivity index (χ2n) is 15.4. The second-order valence-corrected chi connectivity index (χ2v) is 17.4. The molecule has 4 aliphatic rings. The number of halogens is 2. The van der Waals surface area contributed by atoms with Crippen molar-refractivity contribution in [2.24, 2.45) is 5.92 Å². The van der Waals surface area contributed by atoms with Gasteiger partial charge in [0.25, 0.3) is 15.9 Å². The van der Waals surface area contributed by atoms with Crippen LogP contribution < -0.4 is 15.4 Å². The standard InChI is InChI=1S/C38H45ClFN5O9S/c1-37(2,3)54-35(49)41-29-16-8-6-4-5-7-13-24-19-38(24,34(48)43-55(51,52)31-17-10-9-14-27(31)39)42-32(46)30-18-25(21-45(30)33(29)47)53-36(50)44-20-23-12-11-15-28(40)26(23)22-44/h7,9-15,17,24-25,29-30H,4-6,8,16,18-22H2,1-3H3,(H,41,49)(H,42,46)(H,43,48)/t24-,25-,29+,30+,38-/m1/s1. The van der Waals surface area contributed by atoms with Crippen molar-refractivity contribution in [2.45, 2.75) is 113 Å². The molecule has 2 fully saturated rings. The molecule has 1 saturated heterocycles. The summed E-state index contributed by atoms with van der Waals surface area (Å²) >= 11 is 6.14. The number of alkyl carbamates (subject to hydrolysis) is 1. The van der Waals surface area contributed by atoms with E-state index >= 15 is 0 Å². The second kappa shape index (κ2) is 15.8. The molecule has 296 valence electrons. The summed E-state index contributed by atoms with van der Waals surface area (Å²) in [5.74, 6) is -3.41. The summed E-state index contributed by atoms with van der Waals surface area (Å²) in [6, 6.07) is 7.79. The number of allylic oxidation sites excluding steroid dienone is 1. The monoisotopic (exact) mass is 801 g/mol. The summed E-state index contributed by atoms with van der Waals surface area (Å²) in [5.41, 5.74) is -1.54. The van der Waals surface area contributed by atoms with Crippen LogP contribution in [0.25, 0.3) is 0 Å². The molecular weight excluding hydrogens is 757 g/mol.